The maximum Gasteiger partial charge on any atom is 0.335 e. The molecule has 152 valence electrons. The fourth-order valence-electron chi connectivity index (χ4n) is 2.99. The third-order valence-electron chi connectivity index (χ3n) is 4.53. The van der Waals surface area contributed by atoms with Crippen LogP contribution in [0.1, 0.15) is 27.0 Å². The van der Waals surface area contributed by atoms with Crippen LogP contribution >= 0.6 is 11.0 Å². The fraction of sp³-hybridized carbons (Fsp3) is 0.316. The summed E-state index contributed by atoms with van der Waals surface area (Å²) in [4.78, 5) is 10.8. The predicted octanol–water partition coefficient (Wildman–Crippen LogP) is 2.02. The number of β-amino-alcohol motifs (C(OH)–C–C–N with tert-alkyl or cyclic N) is 1. The molecule has 0 aliphatic carbocycles. The minimum Gasteiger partial charge on any atom is -0.478 e. The van der Waals surface area contributed by atoms with E-state index >= 15 is 0 Å². The van der Waals surface area contributed by atoms with E-state index < -0.39 is 23.2 Å². The molecule has 3 rings (SSSR count). The number of carbonyl (C=O) groups is 1. The molecule has 28 heavy (non-hydrogen) atoms. The Balaban J connectivity index is 1.42. The van der Waals surface area contributed by atoms with Crippen molar-refractivity contribution in [3.05, 3.63) is 70.8 Å². The van der Waals surface area contributed by atoms with E-state index in [2.05, 4.69) is 10.0 Å². The van der Waals surface area contributed by atoms with E-state index in [1.54, 1.807) is 12.1 Å². The van der Waals surface area contributed by atoms with Gasteiger partial charge in [0.25, 0.3) is 0 Å². The largest absolute Gasteiger partial charge is 0.478 e. The highest BCUT2D eigenvalue weighted by molar-refractivity contribution is 8.20. The molecule has 1 saturated heterocycles. The zero-order valence-electron chi connectivity index (χ0n) is 15.3. The van der Waals surface area contributed by atoms with Crippen molar-refractivity contribution in [2.24, 2.45) is 0 Å². The first kappa shape index (κ1) is 20.7. The second kappa shape index (κ2) is 9.01. The van der Waals surface area contributed by atoms with E-state index in [0.717, 1.165) is 29.7 Å². The van der Waals surface area contributed by atoms with Crippen molar-refractivity contribution in [1.82, 2.24) is 14.3 Å². The number of nitrogens with one attached hydrogen (secondary N) is 2. The number of benzene rings is 2. The lowest BCUT2D eigenvalue weighted by atomic mass is 10.1. The zero-order chi connectivity index (χ0) is 20.1. The lowest BCUT2D eigenvalue weighted by Crippen LogP contribution is -2.25. The number of aliphatic hydroxyl groups excluding tert-OH is 1. The van der Waals surface area contributed by atoms with Gasteiger partial charge in [0.05, 0.1) is 12.1 Å². The summed E-state index contributed by atoms with van der Waals surface area (Å²) < 4.78 is 23.5. The van der Waals surface area contributed by atoms with Gasteiger partial charge in [-0.2, -0.15) is 9.03 Å². The van der Waals surface area contributed by atoms with Crippen molar-refractivity contribution in [3.63, 3.8) is 0 Å². The number of rotatable bonds is 8. The number of nitrogens with zero attached hydrogens (tertiary/aromatic N) is 1. The Morgan fingerprint density at radius 3 is 2.25 bits per heavy atom. The van der Waals surface area contributed by atoms with Crippen LogP contribution in [0.25, 0.3) is 0 Å². The van der Waals surface area contributed by atoms with Crippen LogP contribution in [0.15, 0.2) is 48.5 Å². The minimum atomic E-state index is -3.11. The normalized spacial score (nSPS) is 20.2. The van der Waals surface area contributed by atoms with E-state index in [1.165, 1.54) is 4.31 Å². The minimum absolute atomic E-state index is 0.166. The molecule has 9 heteroatoms. The quantitative estimate of drug-likeness (QED) is 0.367. The van der Waals surface area contributed by atoms with Gasteiger partial charge < -0.3 is 15.5 Å². The van der Waals surface area contributed by atoms with Crippen molar-refractivity contribution in [2.45, 2.75) is 25.7 Å². The van der Waals surface area contributed by atoms with Gasteiger partial charge in [0, 0.05) is 13.1 Å². The molecule has 1 aliphatic heterocycles. The average Bonchev–Trinajstić information content (AvgIpc) is 2.91. The molecular formula is C19H25N3O5S. The molecule has 1 fully saturated rings. The van der Waals surface area contributed by atoms with Crippen LogP contribution in [0.2, 0.25) is 0 Å². The van der Waals surface area contributed by atoms with Gasteiger partial charge in [-0.3, -0.25) is 9.11 Å². The number of hydrogen-bond acceptors (Lipinski definition) is 7. The van der Waals surface area contributed by atoms with E-state index in [9.17, 15) is 19.0 Å². The smallest absolute Gasteiger partial charge is 0.335 e. The molecule has 0 saturated carbocycles. The summed E-state index contributed by atoms with van der Waals surface area (Å²) in [5, 5.41) is 21.8. The summed E-state index contributed by atoms with van der Waals surface area (Å²) in [5.74, 6) is -0.921. The maximum atomic E-state index is 10.8. The van der Waals surface area contributed by atoms with Gasteiger partial charge in [0.2, 0.25) is 0 Å². The summed E-state index contributed by atoms with van der Waals surface area (Å²) in [6.07, 6.45) is -0.131. The number of carboxylic acids is 1. The Kier molecular flexibility index (Phi) is 6.68. The summed E-state index contributed by atoms with van der Waals surface area (Å²) in [7, 11) is -3.11. The Bertz CT molecular complexity index is 798. The Morgan fingerprint density at radius 1 is 1.07 bits per heavy atom. The highest BCUT2D eigenvalue weighted by atomic mass is 32.3. The van der Waals surface area contributed by atoms with Gasteiger partial charge in [-0.1, -0.05) is 47.4 Å². The third kappa shape index (κ3) is 5.52. The van der Waals surface area contributed by atoms with Gasteiger partial charge >= 0.3 is 5.97 Å². The van der Waals surface area contributed by atoms with Gasteiger partial charge in [0.1, 0.15) is 6.23 Å². The van der Waals surface area contributed by atoms with Crippen LogP contribution in [0.3, 0.4) is 0 Å². The summed E-state index contributed by atoms with van der Waals surface area (Å²) in [5.41, 5.74) is 3.40. The first-order chi connectivity index (χ1) is 13.3. The molecule has 0 amide bonds. The van der Waals surface area contributed by atoms with Crippen LogP contribution in [-0.4, -0.2) is 48.9 Å². The molecule has 6 N–H and O–H groups in total. The Hall–Kier alpha value is -1.98. The fourth-order valence-corrected chi connectivity index (χ4v) is 4.26. The van der Waals surface area contributed by atoms with Crippen molar-refractivity contribution in [2.75, 3.05) is 13.1 Å². The Morgan fingerprint density at radius 2 is 1.68 bits per heavy atom. The molecule has 1 heterocycles. The highest BCUT2D eigenvalue weighted by Crippen LogP contribution is 2.44. The molecular weight excluding hydrogens is 382 g/mol. The molecule has 0 spiro atoms. The van der Waals surface area contributed by atoms with Crippen LogP contribution in [0, 0.1) is 0 Å². The average molecular weight is 407 g/mol. The molecule has 1 atom stereocenters. The van der Waals surface area contributed by atoms with Gasteiger partial charge in [-0.25, -0.2) is 4.79 Å². The van der Waals surface area contributed by atoms with Crippen molar-refractivity contribution in [1.29, 1.82) is 0 Å². The van der Waals surface area contributed by atoms with Gasteiger partial charge in [-0.15, -0.1) is 0 Å². The van der Waals surface area contributed by atoms with Crippen LogP contribution in [-0.2, 0) is 19.5 Å². The first-order valence-corrected chi connectivity index (χ1v) is 10.4. The number of aromatic carboxylic acids is 1. The molecule has 8 nitrogen and oxygen atoms in total. The second-order valence-electron chi connectivity index (χ2n) is 6.72. The molecule has 2 aromatic rings. The van der Waals surface area contributed by atoms with Gasteiger partial charge in [-0.05, 0) is 41.8 Å². The zero-order valence-corrected chi connectivity index (χ0v) is 16.1. The SMILES string of the molecule is O=C(O)c1ccc(CCNCc2ccc(CN3CC(O)NS3(O)O)cc2)cc1. The van der Waals surface area contributed by atoms with Crippen molar-refractivity contribution < 1.29 is 24.1 Å². The van der Waals surface area contributed by atoms with E-state index in [0.29, 0.717) is 13.1 Å². The summed E-state index contributed by atoms with van der Waals surface area (Å²) in [6.45, 7) is 1.98. The standard InChI is InChI=1S/C19H25N3O5S/c23-18-13-22(28(26,27)21-18)12-16-3-1-15(2-4-16)11-20-10-9-14-5-7-17(8-6-14)19(24)25/h1-8,18,20-21,23,26-27H,9-13H2,(H,24,25). The highest BCUT2D eigenvalue weighted by Gasteiger charge is 2.34. The van der Waals surface area contributed by atoms with E-state index in [-0.39, 0.29) is 12.1 Å². The van der Waals surface area contributed by atoms with Crippen LogP contribution in [0.4, 0.5) is 0 Å². The molecule has 2 aromatic carbocycles. The number of hydrogen-bond donors (Lipinski definition) is 6. The monoisotopic (exact) mass is 407 g/mol. The van der Waals surface area contributed by atoms with Crippen molar-refractivity contribution >= 4 is 16.9 Å². The van der Waals surface area contributed by atoms with Crippen molar-refractivity contribution in [3.8, 4) is 0 Å². The lowest BCUT2D eigenvalue weighted by molar-refractivity contribution is 0.0697. The molecule has 1 unspecified atom stereocenters. The number of carboxylic acid groups (broad SMARTS) is 1. The second-order valence-corrected chi connectivity index (χ2v) is 8.51. The topological polar surface area (TPSA) is 125 Å². The lowest BCUT2D eigenvalue weighted by Gasteiger charge is -2.35. The van der Waals surface area contributed by atoms with E-state index in [4.69, 9.17) is 5.11 Å². The molecule has 1 aliphatic rings. The van der Waals surface area contributed by atoms with Gasteiger partial charge in [0.15, 0.2) is 0 Å². The summed E-state index contributed by atoms with van der Waals surface area (Å²) in [6, 6.07) is 14.7. The maximum absolute atomic E-state index is 10.8. The molecule has 0 radical (unpaired) electrons. The van der Waals surface area contributed by atoms with Crippen LogP contribution < -0.4 is 10.0 Å². The number of aliphatic hydroxyl groups is 1. The summed E-state index contributed by atoms with van der Waals surface area (Å²) >= 11 is 0. The molecule has 0 aromatic heterocycles. The Labute approximate surface area is 165 Å². The predicted molar refractivity (Wildman–Crippen MR) is 108 cm³/mol. The van der Waals surface area contributed by atoms with Crippen LogP contribution in [0.5, 0.6) is 0 Å². The van der Waals surface area contributed by atoms with E-state index in [1.807, 2.05) is 36.4 Å². The first-order valence-electron chi connectivity index (χ1n) is 8.93. The molecule has 0 bridgehead atoms. The third-order valence-corrected chi connectivity index (χ3v) is 6.12.